The summed E-state index contributed by atoms with van der Waals surface area (Å²) in [5, 5.41) is 16.3. The van der Waals surface area contributed by atoms with E-state index in [1.54, 1.807) is 9.69 Å². The van der Waals surface area contributed by atoms with Crippen molar-refractivity contribution in [2.24, 2.45) is 10.1 Å². The van der Waals surface area contributed by atoms with Gasteiger partial charge in [-0.15, -0.1) is 5.10 Å². The molecule has 0 saturated carbocycles. The van der Waals surface area contributed by atoms with Gasteiger partial charge in [-0.1, -0.05) is 64.4 Å². The monoisotopic (exact) mass is 528 g/mol. The van der Waals surface area contributed by atoms with Crippen molar-refractivity contribution in [1.82, 2.24) is 20.1 Å². The first-order valence-electron chi connectivity index (χ1n) is 9.98. The van der Waals surface area contributed by atoms with E-state index in [1.807, 2.05) is 62.4 Å². The summed E-state index contributed by atoms with van der Waals surface area (Å²) in [5.41, 5.74) is 2.71. The number of carbonyl (C=O) groups excluding carboxylic acids is 1. The molecule has 0 saturated heterocycles. The summed E-state index contributed by atoms with van der Waals surface area (Å²) in [6, 6.07) is 15.3. The van der Waals surface area contributed by atoms with E-state index in [9.17, 15) is 4.79 Å². The van der Waals surface area contributed by atoms with Crippen LogP contribution in [0.1, 0.15) is 24.3 Å². The Bertz CT molecular complexity index is 1390. The Morgan fingerprint density at radius 3 is 2.75 bits per heavy atom. The van der Waals surface area contributed by atoms with Gasteiger partial charge < -0.3 is 0 Å². The van der Waals surface area contributed by atoms with Crippen LogP contribution in [0.25, 0.3) is 11.4 Å². The summed E-state index contributed by atoms with van der Waals surface area (Å²) in [6.45, 7) is 3.90. The lowest BCUT2D eigenvalue weighted by atomic mass is 10.1. The minimum atomic E-state index is -0.623. The average Bonchev–Trinajstić information content (AvgIpc) is 3.07. The van der Waals surface area contributed by atoms with Crippen molar-refractivity contribution >= 4 is 56.1 Å². The van der Waals surface area contributed by atoms with E-state index in [0.29, 0.717) is 32.2 Å². The molecule has 0 fully saturated rings. The zero-order valence-corrected chi connectivity index (χ0v) is 20.4. The van der Waals surface area contributed by atoms with E-state index in [0.717, 1.165) is 21.6 Å². The summed E-state index contributed by atoms with van der Waals surface area (Å²) < 4.78 is 2.54. The third-order valence-electron chi connectivity index (χ3n) is 5.16. The first kappa shape index (κ1) is 21.2. The maximum absolute atomic E-state index is 13.2. The number of thioether (sulfide) groups is 1. The molecule has 1 N–H and O–H groups in total. The molecule has 0 spiro atoms. The van der Waals surface area contributed by atoms with Gasteiger partial charge in [0.05, 0.1) is 22.3 Å². The van der Waals surface area contributed by atoms with E-state index in [2.05, 4.69) is 26.3 Å². The van der Waals surface area contributed by atoms with Crippen LogP contribution in [0.3, 0.4) is 0 Å². The standard InChI is InChI=1S/C22H18BrClN6OS/c1-3-32-22-26-21(31)18-15-11-13(23)9-10-16(15)25-20(30(18)28-22)17-12(2)27-29(19(17)24)14-7-5-4-6-8-14/h4-11,20H,3H2,1-2H3,(H,26,28,31). The van der Waals surface area contributed by atoms with Crippen molar-refractivity contribution in [3.8, 4) is 5.69 Å². The highest BCUT2D eigenvalue weighted by molar-refractivity contribution is 9.10. The van der Waals surface area contributed by atoms with Crippen LogP contribution in [0.2, 0.25) is 5.15 Å². The molecule has 0 bridgehead atoms. The van der Waals surface area contributed by atoms with Crippen molar-refractivity contribution in [3.63, 3.8) is 0 Å². The van der Waals surface area contributed by atoms with Crippen LogP contribution in [-0.4, -0.2) is 31.6 Å². The van der Waals surface area contributed by atoms with Crippen molar-refractivity contribution in [2.45, 2.75) is 20.0 Å². The number of amidine groups is 1. The van der Waals surface area contributed by atoms with Crippen LogP contribution in [0.5, 0.6) is 0 Å². The zero-order chi connectivity index (χ0) is 22.4. The Morgan fingerprint density at radius 2 is 2.00 bits per heavy atom. The van der Waals surface area contributed by atoms with Gasteiger partial charge in [-0.05, 0) is 43.0 Å². The highest BCUT2D eigenvalue weighted by Crippen LogP contribution is 2.37. The summed E-state index contributed by atoms with van der Waals surface area (Å²) >= 11 is 11.8. The summed E-state index contributed by atoms with van der Waals surface area (Å²) in [4.78, 5) is 18.1. The topological polar surface area (TPSA) is 74.9 Å². The molecule has 32 heavy (non-hydrogen) atoms. The number of para-hydroxylation sites is 1. The molecule has 10 heteroatoms. The number of hydrazone groups is 1. The first-order valence-corrected chi connectivity index (χ1v) is 12.1. The molecule has 1 unspecified atom stereocenters. The summed E-state index contributed by atoms with van der Waals surface area (Å²) in [5.74, 6) is 0.553. The second-order valence-corrected chi connectivity index (χ2v) is 9.71. The molecule has 0 aliphatic carbocycles. The van der Waals surface area contributed by atoms with Crippen molar-refractivity contribution in [3.05, 3.63) is 80.0 Å². The molecular formula is C22H18BrClN6OS. The average molecular weight is 530 g/mol. The number of hydrogen-bond donors (Lipinski definition) is 1. The molecule has 7 nitrogen and oxygen atoms in total. The number of hydrogen-bond acceptors (Lipinski definition) is 6. The quantitative estimate of drug-likeness (QED) is 0.564. The molecule has 2 aliphatic heterocycles. The molecule has 1 aromatic heterocycles. The van der Waals surface area contributed by atoms with Gasteiger partial charge in [-0.3, -0.25) is 15.1 Å². The molecule has 162 valence electrons. The number of benzene rings is 2. The van der Waals surface area contributed by atoms with Gasteiger partial charge in [-0.25, -0.2) is 9.69 Å². The van der Waals surface area contributed by atoms with E-state index in [4.69, 9.17) is 21.7 Å². The second kappa shape index (κ2) is 8.38. The Morgan fingerprint density at radius 1 is 1.22 bits per heavy atom. The molecule has 3 aromatic rings. The number of nitrogens with one attached hydrogen (secondary N) is 1. The van der Waals surface area contributed by atoms with Gasteiger partial charge in [0.25, 0.3) is 5.91 Å². The van der Waals surface area contributed by atoms with Crippen LogP contribution in [0.15, 0.2) is 63.1 Å². The number of fused-ring (bicyclic) bond motifs is 2. The number of nitrogens with zero attached hydrogens (tertiary/aromatic N) is 5. The van der Waals surface area contributed by atoms with E-state index < -0.39 is 6.17 Å². The lowest BCUT2D eigenvalue weighted by Crippen LogP contribution is -2.50. The number of aryl methyl sites for hydroxylation is 1. The number of amides is 1. The Kier molecular flexibility index (Phi) is 5.56. The van der Waals surface area contributed by atoms with Gasteiger partial charge in [0.1, 0.15) is 10.9 Å². The van der Waals surface area contributed by atoms with Crippen LogP contribution in [0.4, 0.5) is 0 Å². The lowest BCUT2D eigenvalue weighted by molar-refractivity contribution is -0.116. The first-order chi connectivity index (χ1) is 15.5. The fraction of sp³-hybridized carbons (Fsp3) is 0.182. The van der Waals surface area contributed by atoms with E-state index >= 15 is 0 Å². The zero-order valence-electron chi connectivity index (χ0n) is 17.2. The minimum absolute atomic E-state index is 0.223. The molecule has 5 rings (SSSR count). The Labute approximate surface area is 202 Å². The molecule has 3 heterocycles. The predicted octanol–water partition coefficient (Wildman–Crippen LogP) is 3.49. The van der Waals surface area contributed by atoms with Crippen molar-refractivity contribution < 1.29 is 4.79 Å². The Balaban J connectivity index is 1.75. The predicted molar refractivity (Wildman–Crippen MR) is 130 cm³/mol. The largest absolute Gasteiger partial charge is 0.298 e. The lowest BCUT2D eigenvalue weighted by Gasteiger charge is -2.34. The fourth-order valence-electron chi connectivity index (χ4n) is 3.79. The summed E-state index contributed by atoms with van der Waals surface area (Å²) in [6.07, 6.45) is -0.623. The van der Waals surface area contributed by atoms with Gasteiger partial charge in [0.2, 0.25) is 0 Å². The third-order valence-corrected chi connectivity index (χ3v) is 6.76. The van der Waals surface area contributed by atoms with Gasteiger partial charge in [0.15, 0.2) is 11.3 Å². The Hall–Kier alpha value is -2.62. The highest BCUT2D eigenvalue weighted by Gasteiger charge is 2.37. The second-order valence-electron chi connectivity index (χ2n) is 7.19. The van der Waals surface area contributed by atoms with Gasteiger partial charge >= 0.3 is 0 Å². The smallest absolute Gasteiger partial charge is 0.276 e. The van der Waals surface area contributed by atoms with E-state index in [1.165, 1.54) is 11.8 Å². The molecule has 2 aliphatic rings. The van der Waals surface area contributed by atoms with Crippen LogP contribution in [0, 0.1) is 6.92 Å². The van der Waals surface area contributed by atoms with Gasteiger partial charge in [0, 0.05) is 9.69 Å². The molecule has 2 aromatic carbocycles. The SMILES string of the molecule is CCSC1=NN2C(=c3cc(Br)ccc3=NC2c2c(C)nn(-c3ccccc3)c2Cl)C(=O)N1. The summed E-state index contributed by atoms with van der Waals surface area (Å²) in [7, 11) is 0. The third kappa shape index (κ3) is 3.54. The molecule has 1 atom stereocenters. The number of rotatable bonds is 3. The minimum Gasteiger partial charge on any atom is -0.298 e. The number of carbonyl (C=O) groups is 1. The van der Waals surface area contributed by atoms with Crippen LogP contribution >= 0.6 is 39.3 Å². The molecule has 0 radical (unpaired) electrons. The molecule has 1 amide bonds. The fourth-order valence-corrected chi connectivity index (χ4v) is 5.10. The highest BCUT2D eigenvalue weighted by atomic mass is 79.9. The van der Waals surface area contributed by atoms with Crippen LogP contribution < -0.4 is 15.9 Å². The van der Waals surface area contributed by atoms with E-state index in [-0.39, 0.29) is 5.91 Å². The number of halogens is 2. The van der Waals surface area contributed by atoms with Gasteiger partial charge in [-0.2, -0.15) is 5.10 Å². The maximum atomic E-state index is 13.2. The normalized spacial score (nSPS) is 17.3. The number of aromatic nitrogens is 2. The van der Waals surface area contributed by atoms with Crippen LogP contribution in [-0.2, 0) is 4.79 Å². The van der Waals surface area contributed by atoms with Crippen molar-refractivity contribution in [2.75, 3.05) is 5.75 Å². The van der Waals surface area contributed by atoms with Crippen molar-refractivity contribution in [1.29, 1.82) is 0 Å². The maximum Gasteiger partial charge on any atom is 0.276 e. The molecular weight excluding hydrogens is 512 g/mol.